The molecular formula is C11H23NO3. The van der Waals surface area contributed by atoms with Crippen molar-refractivity contribution in [2.45, 2.75) is 44.6 Å². The smallest absolute Gasteiger partial charge is 0.171 e. The zero-order valence-electron chi connectivity index (χ0n) is 9.99. The molecule has 0 spiro atoms. The van der Waals surface area contributed by atoms with Gasteiger partial charge in [0.15, 0.2) is 6.29 Å². The molecular weight excluding hydrogens is 194 g/mol. The van der Waals surface area contributed by atoms with Crippen molar-refractivity contribution in [1.82, 2.24) is 5.32 Å². The van der Waals surface area contributed by atoms with Crippen LogP contribution in [0.2, 0.25) is 0 Å². The maximum atomic E-state index is 5.55. The Labute approximate surface area is 92.3 Å². The van der Waals surface area contributed by atoms with Crippen LogP contribution in [-0.2, 0) is 14.2 Å². The molecule has 0 radical (unpaired) electrons. The monoisotopic (exact) mass is 217 g/mol. The van der Waals surface area contributed by atoms with Gasteiger partial charge in [-0.2, -0.15) is 0 Å². The van der Waals surface area contributed by atoms with Gasteiger partial charge in [0.2, 0.25) is 0 Å². The predicted molar refractivity (Wildman–Crippen MR) is 58.9 cm³/mol. The molecule has 1 heterocycles. The summed E-state index contributed by atoms with van der Waals surface area (Å²) in [6.07, 6.45) is 3.76. The number of hydrogen-bond donors (Lipinski definition) is 1. The highest BCUT2D eigenvalue weighted by Gasteiger charge is 2.17. The molecule has 2 unspecified atom stereocenters. The van der Waals surface area contributed by atoms with Gasteiger partial charge in [0, 0.05) is 20.8 Å². The molecule has 1 fully saturated rings. The first kappa shape index (κ1) is 12.9. The van der Waals surface area contributed by atoms with Crippen molar-refractivity contribution in [3.63, 3.8) is 0 Å². The van der Waals surface area contributed by atoms with Gasteiger partial charge in [-0.3, -0.25) is 0 Å². The molecule has 1 aliphatic rings. The molecule has 4 nitrogen and oxygen atoms in total. The van der Waals surface area contributed by atoms with Gasteiger partial charge >= 0.3 is 0 Å². The first-order valence-electron chi connectivity index (χ1n) is 5.68. The average Bonchev–Trinajstić information content (AvgIpc) is 2.72. The molecule has 90 valence electrons. The largest absolute Gasteiger partial charge is 0.378 e. The van der Waals surface area contributed by atoms with Gasteiger partial charge in [-0.1, -0.05) is 0 Å². The van der Waals surface area contributed by atoms with E-state index in [0.717, 1.165) is 19.6 Å². The lowest BCUT2D eigenvalue weighted by atomic mass is 10.2. The summed E-state index contributed by atoms with van der Waals surface area (Å²) in [5, 5.41) is 3.38. The number of rotatable bonds is 7. The van der Waals surface area contributed by atoms with E-state index in [9.17, 15) is 0 Å². The lowest BCUT2D eigenvalue weighted by Gasteiger charge is -2.22. The fraction of sp³-hybridized carbons (Fsp3) is 1.00. The highest BCUT2D eigenvalue weighted by atomic mass is 16.7. The summed E-state index contributed by atoms with van der Waals surface area (Å²) in [4.78, 5) is 0. The summed E-state index contributed by atoms with van der Waals surface area (Å²) in [7, 11) is 3.32. The summed E-state index contributed by atoms with van der Waals surface area (Å²) in [6, 6.07) is 0.210. The zero-order valence-corrected chi connectivity index (χ0v) is 9.99. The van der Waals surface area contributed by atoms with Crippen molar-refractivity contribution in [3.05, 3.63) is 0 Å². The Morgan fingerprint density at radius 3 is 2.67 bits per heavy atom. The fourth-order valence-corrected chi connectivity index (χ4v) is 1.94. The molecule has 1 aliphatic heterocycles. The molecule has 0 aromatic heterocycles. The van der Waals surface area contributed by atoms with Crippen molar-refractivity contribution in [3.8, 4) is 0 Å². The summed E-state index contributed by atoms with van der Waals surface area (Å²) in [6.45, 7) is 3.95. The molecule has 15 heavy (non-hydrogen) atoms. The van der Waals surface area contributed by atoms with Crippen LogP contribution in [-0.4, -0.2) is 45.8 Å². The second-order valence-corrected chi connectivity index (χ2v) is 4.01. The molecule has 4 heteroatoms. The minimum atomic E-state index is -0.172. The van der Waals surface area contributed by atoms with E-state index >= 15 is 0 Å². The van der Waals surface area contributed by atoms with Gasteiger partial charge < -0.3 is 19.5 Å². The Morgan fingerprint density at radius 1 is 1.40 bits per heavy atom. The van der Waals surface area contributed by atoms with Gasteiger partial charge in [0.05, 0.1) is 12.1 Å². The standard InChI is InChI=1S/C11H23NO3/c1-9(11(13-2)14-3)12-7-6-10-5-4-8-15-10/h9-12H,4-8H2,1-3H3. The first-order valence-corrected chi connectivity index (χ1v) is 5.68. The third-order valence-corrected chi connectivity index (χ3v) is 2.83. The van der Waals surface area contributed by atoms with Crippen molar-refractivity contribution in [2.24, 2.45) is 0 Å². The minimum Gasteiger partial charge on any atom is -0.378 e. The molecule has 0 amide bonds. The van der Waals surface area contributed by atoms with Crippen LogP contribution in [0.15, 0.2) is 0 Å². The normalized spacial score (nSPS) is 23.6. The van der Waals surface area contributed by atoms with Crippen molar-refractivity contribution in [1.29, 1.82) is 0 Å². The highest BCUT2D eigenvalue weighted by Crippen LogP contribution is 2.14. The Bertz CT molecular complexity index is 156. The second-order valence-electron chi connectivity index (χ2n) is 4.01. The molecule has 2 atom stereocenters. The van der Waals surface area contributed by atoms with Crippen LogP contribution in [0, 0.1) is 0 Å². The number of ether oxygens (including phenoxy) is 3. The van der Waals surface area contributed by atoms with Crippen molar-refractivity contribution in [2.75, 3.05) is 27.4 Å². The highest BCUT2D eigenvalue weighted by molar-refractivity contribution is 4.69. The summed E-state index contributed by atoms with van der Waals surface area (Å²) in [5.41, 5.74) is 0. The van der Waals surface area contributed by atoms with E-state index in [1.54, 1.807) is 14.2 Å². The summed E-state index contributed by atoms with van der Waals surface area (Å²) >= 11 is 0. The van der Waals surface area contributed by atoms with Crippen molar-refractivity contribution < 1.29 is 14.2 Å². The van der Waals surface area contributed by atoms with Crippen LogP contribution < -0.4 is 5.32 Å². The van der Waals surface area contributed by atoms with E-state index in [1.165, 1.54) is 12.8 Å². The summed E-state index contributed by atoms with van der Waals surface area (Å²) < 4.78 is 15.9. The van der Waals surface area contributed by atoms with Gasteiger partial charge in [-0.25, -0.2) is 0 Å². The van der Waals surface area contributed by atoms with E-state index < -0.39 is 0 Å². The lowest BCUT2D eigenvalue weighted by molar-refractivity contribution is -0.119. The second kappa shape index (κ2) is 7.17. The maximum Gasteiger partial charge on any atom is 0.171 e. The van der Waals surface area contributed by atoms with E-state index in [0.29, 0.717) is 6.10 Å². The van der Waals surface area contributed by atoms with E-state index in [4.69, 9.17) is 14.2 Å². The third-order valence-electron chi connectivity index (χ3n) is 2.83. The molecule has 0 aliphatic carbocycles. The molecule has 0 saturated carbocycles. The first-order chi connectivity index (χ1) is 7.27. The van der Waals surface area contributed by atoms with Gasteiger partial charge in [0.1, 0.15) is 0 Å². The topological polar surface area (TPSA) is 39.7 Å². The molecule has 0 bridgehead atoms. The SMILES string of the molecule is COC(OC)C(C)NCCC1CCCO1. The molecule has 0 aromatic rings. The molecule has 1 N–H and O–H groups in total. The van der Waals surface area contributed by atoms with Crippen LogP contribution in [0.25, 0.3) is 0 Å². The Kier molecular flexibility index (Phi) is 6.17. The van der Waals surface area contributed by atoms with Gasteiger partial charge in [0.25, 0.3) is 0 Å². The average molecular weight is 217 g/mol. The quantitative estimate of drug-likeness (QED) is 0.649. The van der Waals surface area contributed by atoms with Crippen LogP contribution in [0.4, 0.5) is 0 Å². The van der Waals surface area contributed by atoms with Gasteiger partial charge in [-0.05, 0) is 32.7 Å². The van der Waals surface area contributed by atoms with E-state index in [2.05, 4.69) is 12.2 Å². The van der Waals surface area contributed by atoms with Crippen molar-refractivity contribution >= 4 is 0 Å². The number of methoxy groups -OCH3 is 2. The van der Waals surface area contributed by atoms with Crippen LogP contribution >= 0.6 is 0 Å². The molecule has 0 aromatic carbocycles. The van der Waals surface area contributed by atoms with Crippen LogP contribution in [0.5, 0.6) is 0 Å². The Balaban J connectivity index is 2.07. The number of nitrogens with one attached hydrogen (secondary N) is 1. The lowest BCUT2D eigenvalue weighted by Crippen LogP contribution is -2.40. The summed E-state index contributed by atoms with van der Waals surface area (Å²) in [5.74, 6) is 0. The molecule has 1 saturated heterocycles. The van der Waals surface area contributed by atoms with Crippen LogP contribution in [0.3, 0.4) is 0 Å². The predicted octanol–water partition coefficient (Wildman–Crippen LogP) is 1.15. The van der Waals surface area contributed by atoms with Gasteiger partial charge in [-0.15, -0.1) is 0 Å². The minimum absolute atomic E-state index is 0.172. The van der Waals surface area contributed by atoms with E-state index in [-0.39, 0.29) is 12.3 Å². The maximum absolute atomic E-state index is 5.55. The third kappa shape index (κ3) is 4.47. The zero-order chi connectivity index (χ0) is 11.1. The molecule has 1 rings (SSSR count). The number of hydrogen-bond acceptors (Lipinski definition) is 4. The van der Waals surface area contributed by atoms with E-state index in [1.807, 2.05) is 0 Å². The van der Waals surface area contributed by atoms with Crippen LogP contribution in [0.1, 0.15) is 26.2 Å². The Morgan fingerprint density at radius 2 is 2.13 bits per heavy atom. The fourth-order valence-electron chi connectivity index (χ4n) is 1.94. The Hall–Kier alpha value is -0.160.